The van der Waals surface area contributed by atoms with Crippen molar-refractivity contribution in [3.05, 3.63) is 58.8 Å². The van der Waals surface area contributed by atoms with E-state index in [1.807, 2.05) is 13.0 Å². The van der Waals surface area contributed by atoms with Crippen molar-refractivity contribution in [2.45, 2.75) is 32.1 Å². The molecule has 1 aromatic heterocycles. The average Bonchev–Trinajstić information content (AvgIpc) is 3.07. The molecule has 5 N–H and O–H groups in total. The van der Waals surface area contributed by atoms with Gasteiger partial charge >= 0.3 is 6.18 Å². The lowest BCUT2D eigenvalue weighted by atomic mass is 9.97. The number of hydrogen-bond acceptors (Lipinski definition) is 5. The number of pyridine rings is 1. The summed E-state index contributed by atoms with van der Waals surface area (Å²) in [6.45, 7) is 5.93. The fraction of sp³-hybridized carbons (Fsp3) is 0.476. The molecule has 0 amide bonds. The van der Waals surface area contributed by atoms with Crippen LogP contribution in [0.25, 0.3) is 0 Å². The maximum absolute atomic E-state index is 12.6. The maximum atomic E-state index is 12.6. The first-order valence-electron chi connectivity index (χ1n) is 9.85. The van der Waals surface area contributed by atoms with Gasteiger partial charge in [0.1, 0.15) is 5.82 Å². The van der Waals surface area contributed by atoms with Crippen LogP contribution in [0.3, 0.4) is 0 Å². The van der Waals surface area contributed by atoms with E-state index in [-0.39, 0.29) is 49.6 Å². The second kappa shape index (κ2) is 15.8. The Morgan fingerprint density at radius 3 is 2.30 bits per heavy atom. The third kappa shape index (κ3) is 10.9. The summed E-state index contributed by atoms with van der Waals surface area (Å²) < 4.78 is 37.8. The predicted molar refractivity (Wildman–Crippen MR) is 137 cm³/mol. The van der Waals surface area contributed by atoms with Crippen LogP contribution in [0.1, 0.15) is 22.4 Å². The van der Waals surface area contributed by atoms with Gasteiger partial charge in [0.15, 0.2) is 0 Å². The lowest BCUT2D eigenvalue weighted by Gasteiger charge is -2.20. The molecule has 12 heteroatoms. The van der Waals surface area contributed by atoms with E-state index >= 15 is 0 Å². The van der Waals surface area contributed by atoms with Crippen molar-refractivity contribution in [1.82, 2.24) is 20.9 Å². The molecule has 5 nitrogen and oxygen atoms in total. The Labute approximate surface area is 217 Å². The molecule has 0 spiro atoms. The van der Waals surface area contributed by atoms with E-state index in [0.717, 1.165) is 61.6 Å². The Hall–Kier alpha value is -1.000. The van der Waals surface area contributed by atoms with Crippen LogP contribution in [-0.2, 0) is 19.1 Å². The van der Waals surface area contributed by atoms with Crippen LogP contribution in [0.2, 0.25) is 0 Å². The number of rotatable bonds is 8. The van der Waals surface area contributed by atoms with Crippen molar-refractivity contribution in [3.63, 3.8) is 0 Å². The minimum absolute atomic E-state index is 0. The van der Waals surface area contributed by atoms with E-state index in [9.17, 15) is 13.2 Å². The molecule has 1 aliphatic heterocycles. The molecule has 1 aliphatic rings. The number of nitrogens with two attached hydrogens (primary N) is 1. The topological polar surface area (TPSA) is 75.0 Å². The molecule has 1 fully saturated rings. The molecule has 3 rings (SSSR count). The van der Waals surface area contributed by atoms with Crippen LogP contribution in [-0.4, -0.2) is 37.2 Å². The Morgan fingerprint density at radius 2 is 1.70 bits per heavy atom. The lowest BCUT2D eigenvalue weighted by molar-refractivity contribution is -0.137. The van der Waals surface area contributed by atoms with Crippen LogP contribution in [0.15, 0.2) is 36.4 Å². The van der Waals surface area contributed by atoms with Gasteiger partial charge < -0.3 is 21.7 Å². The van der Waals surface area contributed by atoms with Gasteiger partial charge in [0.2, 0.25) is 0 Å². The molecular weight excluding hydrogens is 521 g/mol. The first-order valence-corrected chi connectivity index (χ1v) is 9.85. The first-order chi connectivity index (χ1) is 13.8. The minimum atomic E-state index is -4.29. The SMILES string of the molecule is Cc1cc(N)nc(C[C@H]2CNC[C@@H]2NCCNCc2ccc(C(F)(F)F)cc2)c1.Cl.Cl.Cl.Cl. The standard InChI is InChI=1S/C21H28F3N5.4ClH/c1-14-8-18(29-20(25)9-14)10-16-12-27-13-19(16)28-7-6-26-11-15-2-4-17(5-3-15)21(22,23)24;;;;/h2-5,8-9,16,19,26-28H,6-7,10-13H2,1H3,(H2,25,29);4*1H/t16-,19-;;;;/m0..../s1. The number of aromatic nitrogens is 1. The molecule has 0 unspecified atom stereocenters. The largest absolute Gasteiger partial charge is 0.416 e. The smallest absolute Gasteiger partial charge is 0.384 e. The van der Waals surface area contributed by atoms with E-state index in [2.05, 4.69) is 27.0 Å². The summed E-state index contributed by atoms with van der Waals surface area (Å²) in [6.07, 6.45) is -3.42. The normalized spacial score (nSPS) is 17.2. The predicted octanol–water partition coefficient (Wildman–Crippen LogP) is 4.19. The number of anilines is 1. The van der Waals surface area contributed by atoms with Crippen molar-refractivity contribution in [2.75, 3.05) is 31.9 Å². The summed E-state index contributed by atoms with van der Waals surface area (Å²) >= 11 is 0. The third-order valence-electron chi connectivity index (χ3n) is 5.17. The highest BCUT2D eigenvalue weighted by Gasteiger charge is 2.30. The van der Waals surface area contributed by atoms with Crippen LogP contribution in [0.5, 0.6) is 0 Å². The zero-order valence-corrected chi connectivity index (χ0v) is 21.4. The van der Waals surface area contributed by atoms with Gasteiger partial charge in [-0.1, -0.05) is 12.1 Å². The highest BCUT2D eigenvalue weighted by molar-refractivity contribution is 5.86. The summed E-state index contributed by atoms with van der Waals surface area (Å²) in [5.41, 5.74) is 8.21. The molecular formula is C21H32Cl4F3N5. The zero-order chi connectivity index (χ0) is 20.9. The molecule has 0 radical (unpaired) electrons. The number of aryl methyl sites for hydroxylation is 1. The second-order valence-electron chi connectivity index (χ2n) is 7.62. The van der Waals surface area contributed by atoms with E-state index in [1.165, 1.54) is 12.1 Å². The van der Waals surface area contributed by atoms with Gasteiger partial charge in [-0.2, -0.15) is 13.2 Å². The van der Waals surface area contributed by atoms with Gasteiger partial charge in [-0.3, -0.25) is 0 Å². The number of hydrogen-bond donors (Lipinski definition) is 4. The molecule has 2 atom stereocenters. The Kier molecular flexibility index (Phi) is 16.4. The Balaban J connectivity index is 0. The average molecular weight is 553 g/mol. The third-order valence-corrected chi connectivity index (χ3v) is 5.17. The summed E-state index contributed by atoms with van der Waals surface area (Å²) in [4.78, 5) is 4.44. The zero-order valence-electron chi connectivity index (χ0n) is 18.2. The number of nitrogen functional groups attached to an aromatic ring is 1. The highest BCUT2D eigenvalue weighted by atomic mass is 35.5. The van der Waals surface area contributed by atoms with Crippen molar-refractivity contribution in [2.24, 2.45) is 5.92 Å². The summed E-state index contributed by atoms with van der Waals surface area (Å²) in [7, 11) is 0. The molecule has 33 heavy (non-hydrogen) atoms. The van der Waals surface area contributed by atoms with Gasteiger partial charge in [0.05, 0.1) is 5.56 Å². The number of halogens is 7. The minimum Gasteiger partial charge on any atom is -0.384 e. The Morgan fingerprint density at radius 1 is 1.03 bits per heavy atom. The van der Waals surface area contributed by atoms with Crippen LogP contribution < -0.4 is 21.7 Å². The van der Waals surface area contributed by atoms with E-state index in [0.29, 0.717) is 24.3 Å². The van der Waals surface area contributed by atoms with E-state index < -0.39 is 11.7 Å². The van der Waals surface area contributed by atoms with Crippen molar-refractivity contribution in [3.8, 4) is 0 Å². The van der Waals surface area contributed by atoms with Gasteiger partial charge in [-0.25, -0.2) is 4.98 Å². The van der Waals surface area contributed by atoms with E-state index in [1.54, 1.807) is 0 Å². The number of benzene rings is 1. The monoisotopic (exact) mass is 551 g/mol. The van der Waals surface area contributed by atoms with Crippen molar-refractivity contribution in [1.29, 1.82) is 0 Å². The fourth-order valence-electron chi connectivity index (χ4n) is 3.72. The maximum Gasteiger partial charge on any atom is 0.416 e. The molecule has 2 heterocycles. The van der Waals surface area contributed by atoms with Gasteiger partial charge in [0.25, 0.3) is 0 Å². The molecule has 190 valence electrons. The molecule has 1 saturated heterocycles. The highest BCUT2D eigenvalue weighted by Crippen LogP contribution is 2.29. The number of nitrogens with zero attached hydrogens (tertiary/aromatic N) is 1. The molecule has 0 aliphatic carbocycles. The van der Waals surface area contributed by atoms with Crippen molar-refractivity contribution < 1.29 is 13.2 Å². The van der Waals surface area contributed by atoms with Gasteiger partial charge in [-0.15, -0.1) is 49.6 Å². The Bertz CT molecular complexity index is 789. The van der Waals surface area contributed by atoms with Crippen LogP contribution in [0.4, 0.5) is 19.0 Å². The number of alkyl halides is 3. The van der Waals surface area contributed by atoms with Gasteiger partial charge in [0, 0.05) is 37.9 Å². The molecule has 2 aromatic rings. The molecule has 0 saturated carbocycles. The summed E-state index contributed by atoms with van der Waals surface area (Å²) in [5, 5.41) is 10.3. The molecule has 0 bridgehead atoms. The second-order valence-corrected chi connectivity index (χ2v) is 7.62. The van der Waals surface area contributed by atoms with E-state index in [4.69, 9.17) is 5.73 Å². The molecule has 1 aromatic carbocycles. The fourth-order valence-corrected chi connectivity index (χ4v) is 3.72. The number of nitrogens with one attached hydrogen (secondary N) is 3. The van der Waals surface area contributed by atoms with Crippen molar-refractivity contribution >= 4 is 55.4 Å². The van der Waals surface area contributed by atoms with Gasteiger partial charge in [-0.05, 0) is 61.2 Å². The first kappa shape index (κ1) is 34.2. The lowest BCUT2D eigenvalue weighted by Crippen LogP contribution is -2.40. The quantitative estimate of drug-likeness (QED) is 0.370. The van der Waals surface area contributed by atoms with Crippen LogP contribution in [0, 0.1) is 12.8 Å². The van der Waals surface area contributed by atoms with Crippen LogP contribution >= 0.6 is 49.6 Å². The summed E-state index contributed by atoms with van der Waals surface area (Å²) in [5.74, 6) is 1.00. The summed E-state index contributed by atoms with van der Waals surface area (Å²) in [6, 6.07) is 9.57.